The van der Waals surface area contributed by atoms with E-state index in [4.69, 9.17) is 0 Å². The van der Waals surface area contributed by atoms with Gasteiger partial charge in [-0.2, -0.15) is 0 Å². The number of thioether (sulfide) groups is 1. The maximum Gasteiger partial charge on any atom is 0.230 e. The lowest BCUT2D eigenvalue weighted by Crippen LogP contribution is -2.28. The Balaban J connectivity index is 1.39. The smallest absolute Gasteiger partial charge is 0.230 e. The lowest BCUT2D eigenvalue weighted by Gasteiger charge is -2.17. The molecule has 3 aromatic rings. The summed E-state index contributed by atoms with van der Waals surface area (Å²) in [6, 6.07) is 14.7. The molecule has 0 bridgehead atoms. The van der Waals surface area contributed by atoms with E-state index in [0.29, 0.717) is 11.8 Å². The Morgan fingerprint density at radius 1 is 1.22 bits per heavy atom. The van der Waals surface area contributed by atoms with E-state index in [0.717, 1.165) is 23.6 Å². The molecule has 1 aromatic heterocycles. The van der Waals surface area contributed by atoms with Gasteiger partial charge in [0.25, 0.3) is 0 Å². The third-order valence-corrected chi connectivity index (χ3v) is 6.07. The molecule has 0 saturated heterocycles. The Morgan fingerprint density at radius 3 is 2.85 bits per heavy atom. The van der Waals surface area contributed by atoms with E-state index in [-0.39, 0.29) is 11.9 Å². The molecular weight excluding hydrogens is 358 g/mol. The summed E-state index contributed by atoms with van der Waals surface area (Å²) in [6.45, 7) is 2.02. The Bertz CT molecular complexity index is 930. The van der Waals surface area contributed by atoms with Crippen molar-refractivity contribution >= 4 is 28.4 Å². The zero-order valence-electron chi connectivity index (χ0n) is 15.3. The average Bonchev–Trinajstić information content (AvgIpc) is 3.37. The van der Waals surface area contributed by atoms with Crippen LogP contribution in [0.4, 0.5) is 0 Å². The predicted molar refractivity (Wildman–Crippen MR) is 107 cm³/mol. The van der Waals surface area contributed by atoms with Crippen molar-refractivity contribution < 1.29 is 4.79 Å². The third kappa shape index (κ3) is 3.98. The number of aromatic nitrogens is 4. The molecule has 1 heterocycles. The van der Waals surface area contributed by atoms with Crippen LogP contribution in [0.3, 0.4) is 0 Å². The second kappa shape index (κ2) is 8.08. The molecule has 140 valence electrons. The lowest BCUT2D eigenvalue weighted by atomic mass is 10.00. The topological polar surface area (TPSA) is 72.7 Å². The Morgan fingerprint density at radius 2 is 2.00 bits per heavy atom. The molecule has 2 aromatic carbocycles. The van der Waals surface area contributed by atoms with Gasteiger partial charge in [-0.3, -0.25) is 4.79 Å². The van der Waals surface area contributed by atoms with E-state index in [1.807, 2.05) is 29.8 Å². The van der Waals surface area contributed by atoms with Gasteiger partial charge in [0.2, 0.25) is 11.1 Å². The lowest BCUT2D eigenvalue weighted by molar-refractivity contribution is -0.119. The second-order valence-corrected chi connectivity index (χ2v) is 7.93. The Kier molecular flexibility index (Phi) is 5.38. The number of nitrogens with one attached hydrogen (secondary N) is 1. The normalized spacial score (nSPS) is 15.9. The van der Waals surface area contributed by atoms with Crippen molar-refractivity contribution in [3.8, 4) is 0 Å². The van der Waals surface area contributed by atoms with Crippen LogP contribution in [0.5, 0.6) is 0 Å². The van der Waals surface area contributed by atoms with E-state index in [1.165, 1.54) is 35.4 Å². The zero-order valence-corrected chi connectivity index (χ0v) is 16.2. The van der Waals surface area contributed by atoms with Gasteiger partial charge in [-0.15, -0.1) is 5.10 Å². The summed E-state index contributed by atoms with van der Waals surface area (Å²) in [5.41, 5.74) is 1.13. The van der Waals surface area contributed by atoms with Gasteiger partial charge in [-0.1, -0.05) is 67.1 Å². The predicted octanol–water partition coefficient (Wildman–Crippen LogP) is 3.91. The number of benzene rings is 2. The average molecular weight is 382 g/mol. The molecule has 1 atom stereocenters. The largest absolute Gasteiger partial charge is 0.349 e. The summed E-state index contributed by atoms with van der Waals surface area (Å²) in [5.74, 6) is 0.295. The first kappa shape index (κ1) is 18.0. The van der Waals surface area contributed by atoms with Gasteiger partial charge in [0.05, 0.1) is 17.8 Å². The minimum atomic E-state index is -0.0602. The molecule has 0 spiro atoms. The summed E-state index contributed by atoms with van der Waals surface area (Å²) in [6.07, 6.45) is 4.67. The van der Waals surface area contributed by atoms with Gasteiger partial charge in [-0.25, -0.2) is 4.68 Å². The van der Waals surface area contributed by atoms with Crippen LogP contribution in [0.25, 0.3) is 10.8 Å². The van der Waals surface area contributed by atoms with Crippen LogP contribution in [0.1, 0.15) is 50.3 Å². The highest BCUT2D eigenvalue weighted by Gasteiger charge is 2.22. The van der Waals surface area contributed by atoms with Crippen LogP contribution in [-0.4, -0.2) is 31.9 Å². The Hall–Kier alpha value is -2.41. The SMILES string of the molecule is C[C@H](NC(=O)CSc1nnnn1C1CCCC1)c1cccc2ccccc12. The molecule has 7 heteroatoms. The summed E-state index contributed by atoms with van der Waals surface area (Å²) in [7, 11) is 0. The molecule has 4 rings (SSSR count). The third-order valence-electron chi connectivity index (χ3n) is 5.13. The van der Waals surface area contributed by atoms with Crippen molar-refractivity contribution in [1.82, 2.24) is 25.5 Å². The quantitative estimate of drug-likeness (QED) is 0.656. The maximum atomic E-state index is 12.5. The first-order valence-electron chi connectivity index (χ1n) is 9.40. The van der Waals surface area contributed by atoms with Crippen LogP contribution in [0.2, 0.25) is 0 Å². The van der Waals surface area contributed by atoms with E-state index in [9.17, 15) is 4.79 Å². The maximum absolute atomic E-state index is 12.5. The number of nitrogens with zero attached hydrogens (tertiary/aromatic N) is 4. The number of fused-ring (bicyclic) bond motifs is 1. The summed E-state index contributed by atoms with van der Waals surface area (Å²) >= 11 is 1.40. The van der Waals surface area contributed by atoms with Crippen molar-refractivity contribution in [2.24, 2.45) is 0 Å². The van der Waals surface area contributed by atoms with Gasteiger partial charge in [0, 0.05) is 0 Å². The van der Waals surface area contributed by atoms with Gasteiger partial charge in [-0.05, 0) is 46.5 Å². The molecular formula is C20H23N5OS. The van der Waals surface area contributed by atoms with E-state index in [1.54, 1.807) is 0 Å². The molecule has 27 heavy (non-hydrogen) atoms. The highest BCUT2D eigenvalue weighted by Crippen LogP contribution is 2.31. The molecule has 1 amide bonds. The highest BCUT2D eigenvalue weighted by atomic mass is 32.2. The number of carbonyl (C=O) groups is 1. The molecule has 1 saturated carbocycles. The molecule has 1 aliphatic carbocycles. The van der Waals surface area contributed by atoms with Crippen molar-refractivity contribution in [2.75, 3.05) is 5.75 Å². The van der Waals surface area contributed by atoms with Crippen molar-refractivity contribution in [2.45, 2.75) is 49.8 Å². The van der Waals surface area contributed by atoms with Crippen molar-refractivity contribution in [1.29, 1.82) is 0 Å². The minimum Gasteiger partial charge on any atom is -0.349 e. The molecule has 6 nitrogen and oxygen atoms in total. The fourth-order valence-corrected chi connectivity index (χ4v) is 4.53. The molecule has 0 aliphatic heterocycles. The molecule has 0 unspecified atom stereocenters. The molecule has 0 radical (unpaired) electrons. The molecule has 1 fully saturated rings. The second-order valence-electron chi connectivity index (χ2n) is 6.99. The van der Waals surface area contributed by atoms with E-state index >= 15 is 0 Å². The number of amides is 1. The van der Waals surface area contributed by atoms with Gasteiger partial charge in [0.1, 0.15) is 0 Å². The van der Waals surface area contributed by atoms with Crippen LogP contribution >= 0.6 is 11.8 Å². The minimum absolute atomic E-state index is 0.0126. The first-order chi connectivity index (χ1) is 13.2. The highest BCUT2D eigenvalue weighted by molar-refractivity contribution is 7.99. The number of carbonyl (C=O) groups excluding carboxylic acids is 1. The number of hydrogen-bond acceptors (Lipinski definition) is 5. The number of hydrogen-bond donors (Lipinski definition) is 1. The van der Waals surface area contributed by atoms with Crippen LogP contribution in [0.15, 0.2) is 47.6 Å². The van der Waals surface area contributed by atoms with Gasteiger partial charge < -0.3 is 5.32 Å². The Labute approximate surface area is 162 Å². The molecule has 1 N–H and O–H groups in total. The first-order valence-corrected chi connectivity index (χ1v) is 10.4. The van der Waals surface area contributed by atoms with Crippen molar-refractivity contribution in [3.05, 3.63) is 48.0 Å². The van der Waals surface area contributed by atoms with Crippen molar-refractivity contribution in [3.63, 3.8) is 0 Å². The zero-order chi connectivity index (χ0) is 18.6. The van der Waals surface area contributed by atoms with Crippen LogP contribution in [-0.2, 0) is 4.79 Å². The molecule has 1 aliphatic rings. The fraction of sp³-hybridized carbons (Fsp3) is 0.400. The summed E-state index contributed by atoms with van der Waals surface area (Å²) < 4.78 is 1.89. The van der Waals surface area contributed by atoms with E-state index < -0.39 is 0 Å². The van der Waals surface area contributed by atoms with Crippen LogP contribution in [0, 0.1) is 0 Å². The fourth-order valence-electron chi connectivity index (χ4n) is 3.78. The monoisotopic (exact) mass is 381 g/mol. The standard InChI is InChI=1S/C20H23N5OS/c1-14(17-12-6-8-15-7-2-5-11-18(15)17)21-19(26)13-27-20-22-23-24-25(20)16-9-3-4-10-16/h2,5-8,11-12,14,16H,3-4,9-10,13H2,1H3,(H,21,26)/t14-/m0/s1. The number of tetrazole rings is 1. The van der Waals surface area contributed by atoms with Crippen LogP contribution < -0.4 is 5.32 Å². The van der Waals surface area contributed by atoms with Gasteiger partial charge in [0.15, 0.2) is 0 Å². The van der Waals surface area contributed by atoms with E-state index in [2.05, 4.69) is 45.1 Å². The van der Waals surface area contributed by atoms with Gasteiger partial charge >= 0.3 is 0 Å². The number of rotatable bonds is 6. The summed E-state index contributed by atoms with van der Waals surface area (Å²) in [5, 5.41) is 18.2. The summed E-state index contributed by atoms with van der Waals surface area (Å²) in [4.78, 5) is 12.5.